The molecule has 1 aliphatic rings. The summed E-state index contributed by atoms with van der Waals surface area (Å²) in [5, 5.41) is 12.1. The van der Waals surface area contributed by atoms with Crippen molar-refractivity contribution in [3.63, 3.8) is 0 Å². The van der Waals surface area contributed by atoms with Crippen LogP contribution in [-0.4, -0.2) is 62.1 Å². The van der Waals surface area contributed by atoms with Gasteiger partial charge in [-0.2, -0.15) is 0 Å². The predicted octanol–water partition coefficient (Wildman–Crippen LogP) is 3.55. The molecule has 12 heteroatoms. The van der Waals surface area contributed by atoms with Crippen molar-refractivity contribution in [2.45, 2.75) is 23.8 Å². The van der Waals surface area contributed by atoms with Gasteiger partial charge in [0.05, 0.1) is 28.9 Å². The Balaban J connectivity index is 1.84. The van der Waals surface area contributed by atoms with Crippen LogP contribution < -0.4 is 14.8 Å². The number of carbonyl (C=O) groups is 1. The van der Waals surface area contributed by atoms with Gasteiger partial charge in [-0.3, -0.25) is 0 Å². The van der Waals surface area contributed by atoms with E-state index in [9.17, 15) is 17.6 Å². The molecular formula is C19H21ClFN3O6S. The zero-order chi connectivity index (χ0) is 22.8. The van der Waals surface area contributed by atoms with Crippen LogP contribution >= 0.6 is 11.6 Å². The Labute approximate surface area is 183 Å². The molecule has 168 valence electrons. The highest BCUT2D eigenvalue weighted by Crippen LogP contribution is 2.39. The Morgan fingerprint density at radius 3 is 2.55 bits per heavy atom. The fraction of sp³-hybridized carbons (Fsp3) is 0.368. The molecule has 1 fully saturated rings. The van der Waals surface area contributed by atoms with Gasteiger partial charge in [0.2, 0.25) is 11.5 Å². The van der Waals surface area contributed by atoms with E-state index in [0.717, 1.165) is 12.5 Å². The average Bonchev–Trinajstić information content (AvgIpc) is 2.71. The molecule has 0 saturated carbocycles. The van der Waals surface area contributed by atoms with E-state index < -0.39 is 27.9 Å². The van der Waals surface area contributed by atoms with Crippen LogP contribution in [0.4, 0.5) is 20.7 Å². The summed E-state index contributed by atoms with van der Waals surface area (Å²) in [6.45, 7) is 0.560. The Morgan fingerprint density at radius 2 is 2.00 bits per heavy atom. The Hall–Kier alpha value is -2.79. The van der Waals surface area contributed by atoms with E-state index in [0.29, 0.717) is 18.5 Å². The number of hydrogen-bond acceptors (Lipinski definition) is 7. The molecule has 0 unspecified atom stereocenters. The van der Waals surface area contributed by atoms with Crippen molar-refractivity contribution in [1.82, 2.24) is 9.88 Å². The lowest BCUT2D eigenvalue weighted by Gasteiger charge is -2.30. The van der Waals surface area contributed by atoms with Gasteiger partial charge in [-0.15, -0.1) is 0 Å². The van der Waals surface area contributed by atoms with Gasteiger partial charge in [-0.05, 0) is 18.2 Å². The maximum Gasteiger partial charge on any atom is 0.407 e. The van der Waals surface area contributed by atoms with Crippen LogP contribution in [0.15, 0.2) is 29.3 Å². The van der Waals surface area contributed by atoms with E-state index in [-0.39, 0.29) is 40.3 Å². The van der Waals surface area contributed by atoms with Crippen molar-refractivity contribution in [2.75, 3.05) is 31.8 Å². The Kier molecular flexibility index (Phi) is 6.75. The molecule has 1 saturated heterocycles. The number of pyridine rings is 1. The average molecular weight is 474 g/mol. The third kappa shape index (κ3) is 5.28. The van der Waals surface area contributed by atoms with Crippen molar-refractivity contribution < 1.29 is 32.2 Å². The molecule has 9 nitrogen and oxygen atoms in total. The first kappa shape index (κ1) is 22.9. The second-order valence-electron chi connectivity index (χ2n) is 6.94. The van der Waals surface area contributed by atoms with E-state index in [2.05, 4.69) is 10.3 Å². The number of likely N-dealkylation sites (tertiary alicyclic amines) is 1. The van der Waals surface area contributed by atoms with Gasteiger partial charge in [0.25, 0.3) is 0 Å². The van der Waals surface area contributed by atoms with Gasteiger partial charge in [0.1, 0.15) is 6.10 Å². The van der Waals surface area contributed by atoms with Gasteiger partial charge in [-0.25, -0.2) is 22.6 Å². The lowest BCUT2D eigenvalue weighted by atomic mass is 10.1. The van der Waals surface area contributed by atoms with Gasteiger partial charge in [0.15, 0.2) is 21.5 Å². The molecule has 3 rings (SSSR count). The number of benzene rings is 1. The molecule has 0 aliphatic carbocycles. The third-order valence-corrected chi connectivity index (χ3v) is 6.19. The lowest BCUT2D eigenvalue weighted by molar-refractivity contribution is 0.0854. The molecule has 1 aliphatic heterocycles. The van der Waals surface area contributed by atoms with Crippen molar-refractivity contribution in [1.29, 1.82) is 0 Å². The highest BCUT2D eigenvalue weighted by atomic mass is 35.5. The van der Waals surface area contributed by atoms with Crippen LogP contribution in [0.5, 0.6) is 11.5 Å². The molecule has 0 spiro atoms. The summed E-state index contributed by atoms with van der Waals surface area (Å²) in [4.78, 5) is 16.4. The summed E-state index contributed by atoms with van der Waals surface area (Å²) in [5.74, 6) is -0.765. The van der Waals surface area contributed by atoms with E-state index in [1.54, 1.807) is 0 Å². The van der Waals surface area contributed by atoms with Gasteiger partial charge < -0.3 is 24.8 Å². The van der Waals surface area contributed by atoms with Crippen molar-refractivity contribution in [3.05, 3.63) is 35.2 Å². The van der Waals surface area contributed by atoms with Crippen LogP contribution in [0, 0.1) is 5.82 Å². The number of anilines is 2. The number of rotatable bonds is 6. The second-order valence-corrected chi connectivity index (χ2v) is 9.37. The lowest BCUT2D eigenvalue weighted by Crippen LogP contribution is -2.41. The number of sulfone groups is 1. The normalized spacial score (nSPS) is 14.9. The molecule has 2 aromatic rings. The first-order valence-corrected chi connectivity index (χ1v) is 11.5. The summed E-state index contributed by atoms with van der Waals surface area (Å²) in [6.07, 6.45) is 1.44. The minimum Gasteiger partial charge on any atom is -0.490 e. The Morgan fingerprint density at radius 1 is 1.32 bits per heavy atom. The fourth-order valence-corrected chi connectivity index (χ4v) is 4.07. The number of carboxylic acid groups (broad SMARTS) is 1. The first-order chi connectivity index (χ1) is 14.6. The summed E-state index contributed by atoms with van der Waals surface area (Å²) < 4.78 is 49.0. The zero-order valence-corrected chi connectivity index (χ0v) is 18.3. The maximum absolute atomic E-state index is 14.5. The topological polar surface area (TPSA) is 118 Å². The quantitative estimate of drug-likeness (QED) is 0.654. The number of ether oxygens (including phenoxy) is 2. The summed E-state index contributed by atoms with van der Waals surface area (Å²) >= 11 is 6.19. The SMILES string of the molecule is COc1c(Nc2ccc(S(C)(=O)=O)cc2Cl)ncc(F)c1OC1CCN(C(=O)O)CC1. The zero-order valence-electron chi connectivity index (χ0n) is 16.8. The molecule has 1 aromatic heterocycles. The van der Waals surface area contributed by atoms with Crippen molar-refractivity contribution in [2.24, 2.45) is 0 Å². The highest BCUT2D eigenvalue weighted by molar-refractivity contribution is 7.90. The first-order valence-electron chi connectivity index (χ1n) is 9.23. The van der Waals surface area contributed by atoms with Crippen LogP contribution in [0.2, 0.25) is 5.02 Å². The molecule has 0 radical (unpaired) electrons. The summed E-state index contributed by atoms with van der Waals surface area (Å²) in [7, 11) is -2.10. The number of piperidine rings is 1. The monoisotopic (exact) mass is 473 g/mol. The van der Waals surface area contributed by atoms with E-state index in [1.807, 2.05) is 0 Å². The van der Waals surface area contributed by atoms with E-state index in [1.165, 1.54) is 30.2 Å². The van der Waals surface area contributed by atoms with Crippen molar-refractivity contribution in [3.8, 4) is 11.5 Å². The van der Waals surface area contributed by atoms with Gasteiger partial charge in [0, 0.05) is 32.2 Å². The number of hydrogen-bond donors (Lipinski definition) is 2. The Bertz CT molecular complexity index is 1090. The van der Waals surface area contributed by atoms with Crippen LogP contribution in [0.3, 0.4) is 0 Å². The number of nitrogens with zero attached hydrogens (tertiary/aromatic N) is 2. The molecule has 0 atom stereocenters. The smallest absolute Gasteiger partial charge is 0.407 e. The van der Waals surface area contributed by atoms with Crippen LogP contribution in [0.25, 0.3) is 0 Å². The largest absolute Gasteiger partial charge is 0.490 e. The number of aromatic nitrogens is 1. The fourth-order valence-electron chi connectivity index (χ4n) is 3.13. The number of halogens is 2. The minimum absolute atomic E-state index is 0.00363. The standard InChI is InChI=1S/C19H21ClFN3O6S/c1-29-17-16(30-11-5-7-24(8-6-11)19(25)26)14(21)10-22-18(17)23-15-4-3-12(9-13(15)20)31(2,27)28/h3-4,9-11H,5-8H2,1-2H3,(H,22,23)(H,25,26). The van der Waals surface area contributed by atoms with Crippen LogP contribution in [-0.2, 0) is 9.84 Å². The van der Waals surface area contributed by atoms with Crippen LogP contribution in [0.1, 0.15) is 12.8 Å². The number of nitrogens with one attached hydrogen (secondary N) is 1. The van der Waals surface area contributed by atoms with E-state index in [4.69, 9.17) is 26.2 Å². The molecular weight excluding hydrogens is 453 g/mol. The van der Waals surface area contributed by atoms with Gasteiger partial charge in [-0.1, -0.05) is 11.6 Å². The molecule has 2 N–H and O–H groups in total. The molecule has 31 heavy (non-hydrogen) atoms. The van der Waals surface area contributed by atoms with Crippen molar-refractivity contribution >= 4 is 39.0 Å². The van der Waals surface area contributed by atoms with Gasteiger partial charge >= 0.3 is 6.09 Å². The molecule has 1 aromatic carbocycles. The third-order valence-electron chi connectivity index (χ3n) is 4.77. The number of methoxy groups -OCH3 is 1. The summed E-state index contributed by atoms with van der Waals surface area (Å²) in [6, 6.07) is 4.14. The highest BCUT2D eigenvalue weighted by Gasteiger charge is 2.27. The molecule has 1 amide bonds. The number of amides is 1. The predicted molar refractivity (Wildman–Crippen MR) is 112 cm³/mol. The molecule has 2 heterocycles. The maximum atomic E-state index is 14.5. The minimum atomic E-state index is -3.43. The molecule has 0 bridgehead atoms. The summed E-state index contributed by atoms with van der Waals surface area (Å²) in [5.41, 5.74) is 0.340. The van der Waals surface area contributed by atoms with E-state index >= 15 is 0 Å². The second kappa shape index (κ2) is 9.15.